The molecule has 87 valence electrons. The van der Waals surface area contributed by atoms with Gasteiger partial charge in [0.2, 0.25) is 0 Å². The van der Waals surface area contributed by atoms with Crippen LogP contribution in [-0.4, -0.2) is 0 Å². The van der Waals surface area contributed by atoms with Crippen molar-refractivity contribution < 1.29 is 13.2 Å². The van der Waals surface area contributed by atoms with Gasteiger partial charge in [-0.3, -0.25) is 0 Å². The van der Waals surface area contributed by atoms with Crippen LogP contribution in [0.25, 0.3) is 0 Å². The molecule has 0 atom stereocenters. The van der Waals surface area contributed by atoms with Crippen LogP contribution in [-0.2, 0) is 6.18 Å². The van der Waals surface area contributed by atoms with Gasteiger partial charge in [-0.25, -0.2) is 0 Å². The number of benzene rings is 1. The van der Waals surface area contributed by atoms with Crippen LogP contribution in [0.15, 0.2) is 12.1 Å². The van der Waals surface area contributed by atoms with E-state index in [1.807, 2.05) is 0 Å². The van der Waals surface area contributed by atoms with Crippen LogP contribution < -0.4 is 5.73 Å². The lowest BCUT2D eigenvalue weighted by atomic mass is 9.92. The molecule has 1 aliphatic carbocycles. The predicted molar refractivity (Wildman–Crippen MR) is 55.9 cm³/mol. The van der Waals surface area contributed by atoms with E-state index in [4.69, 9.17) is 5.73 Å². The van der Waals surface area contributed by atoms with E-state index in [0.717, 1.165) is 31.7 Å². The fraction of sp³-hybridized carbons (Fsp3) is 0.500. The molecule has 0 spiro atoms. The van der Waals surface area contributed by atoms with Gasteiger partial charge in [0, 0.05) is 5.69 Å². The quantitative estimate of drug-likeness (QED) is 0.728. The third-order valence-electron chi connectivity index (χ3n) is 3.06. The average molecular weight is 228 g/mol. The maximum absolute atomic E-state index is 12.8. The summed E-state index contributed by atoms with van der Waals surface area (Å²) in [6.45, 7) is 0. The van der Waals surface area contributed by atoms with Crippen LogP contribution in [0.4, 0.5) is 18.9 Å². The lowest BCUT2D eigenvalue weighted by Gasteiger charge is -2.17. The van der Waals surface area contributed by atoms with Crippen molar-refractivity contribution in [2.45, 2.75) is 37.8 Å². The van der Waals surface area contributed by atoms with Gasteiger partial charge in [0.15, 0.2) is 0 Å². The second kappa shape index (κ2) is 4.00. The molecule has 0 saturated heterocycles. The molecule has 0 aliphatic heterocycles. The Morgan fingerprint density at radius 2 is 1.88 bits per heavy atom. The SMILES string of the molecule is Nc1c[c]c(C2CCCC2)c(C(F)(F)F)c1. The van der Waals surface area contributed by atoms with E-state index in [1.165, 1.54) is 6.07 Å². The molecule has 0 amide bonds. The third kappa shape index (κ3) is 2.15. The Labute approximate surface area is 92.5 Å². The van der Waals surface area contributed by atoms with Crippen molar-refractivity contribution in [2.24, 2.45) is 0 Å². The Morgan fingerprint density at radius 3 is 2.44 bits per heavy atom. The average Bonchev–Trinajstić information content (AvgIpc) is 2.69. The first-order chi connectivity index (χ1) is 7.48. The van der Waals surface area contributed by atoms with Crippen LogP contribution in [0.5, 0.6) is 0 Å². The summed E-state index contributed by atoms with van der Waals surface area (Å²) in [6.07, 6.45) is -0.683. The fourth-order valence-corrected chi connectivity index (χ4v) is 2.31. The number of halogens is 3. The minimum Gasteiger partial charge on any atom is -0.399 e. The predicted octanol–water partition coefficient (Wildman–Crippen LogP) is 3.75. The first-order valence-electron chi connectivity index (χ1n) is 5.37. The van der Waals surface area contributed by atoms with Crippen LogP contribution in [0.1, 0.15) is 42.7 Å². The highest BCUT2D eigenvalue weighted by Crippen LogP contribution is 2.41. The minimum atomic E-state index is -4.33. The normalized spacial score (nSPS) is 17.9. The van der Waals surface area contributed by atoms with Gasteiger partial charge in [0.25, 0.3) is 0 Å². The molecule has 1 fully saturated rings. The standard InChI is InChI=1S/C12H13F3N/c13-12(14,15)11-7-9(16)5-6-10(11)8-3-1-2-4-8/h5,7-8H,1-4,16H2. The zero-order valence-corrected chi connectivity index (χ0v) is 8.77. The molecule has 2 rings (SSSR count). The summed E-state index contributed by atoms with van der Waals surface area (Å²) in [4.78, 5) is 0. The van der Waals surface area contributed by atoms with Gasteiger partial charge in [-0.15, -0.1) is 0 Å². The van der Waals surface area contributed by atoms with Gasteiger partial charge in [0.1, 0.15) is 0 Å². The highest BCUT2D eigenvalue weighted by molar-refractivity contribution is 5.46. The molecule has 2 N–H and O–H groups in total. The molecule has 0 heterocycles. The molecular weight excluding hydrogens is 215 g/mol. The summed E-state index contributed by atoms with van der Waals surface area (Å²) in [5.74, 6) is -0.00257. The second-order valence-electron chi connectivity index (χ2n) is 4.24. The largest absolute Gasteiger partial charge is 0.416 e. The molecule has 1 aromatic carbocycles. The summed E-state index contributed by atoms with van der Waals surface area (Å²) in [5.41, 5.74) is 5.19. The van der Waals surface area contributed by atoms with Gasteiger partial charge in [-0.2, -0.15) is 13.2 Å². The molecule has 0 unspecified atom stereocenters. The summed E-state index contributed by atoms with van der Waals surface area (Å²) < 4.78 is 38.4. The van der Waals surface area contributed by atoms with Gasteiger partial charge in [-0.05, 0) is 42.5 Å². The Hall–Kier alpha value is -1.19. The van der Waals surface area contributed by atoms with Crippen LogP contribution in [0, 0.1) is 6.07 Å². The zero-order chi connectivity index (χ0) is 11.8. The first kappa shape index (κ1) is 11.3. The number of hydrogen-bond donors (Lipinski definition) is 1. The monoisotopic (exact) mass is 228 g/mol. The molecular formula is C12H13F3N. The van der Waals surface area contributed by atoms with Crippen molar-refractivity contribution in [1.29, 1.82) is 0 Å². The topological polar surface area (TPSA) is 26.0 Å². The number of alkyl halides is 3. The van der Waals surface area contributed by atoms with Crippen LogP contribution in [0.3, 0.4) is 0 Å². The Bertz CT molecular complexity index is 378. The molecule has 1 aliphatic rings. The first-order valence-corrected chi connectivity index (χ1v) is 5.37. The van der Waals surface area contributed by atoms with Gasteiger partial charge >= 0.3 is 6.18 Å². The summed E-state index contributed by atoms with van der Waals surface area (Å²) in [5, 5.41) is 0. The highest BCUT2D eigenvalue weighted by atomic mass is 19.4. The number of nitrogens with two attached hydrogens (primary N) is 1. The lowest BCUT2D eigenvalue weighted by Crippen LogP contribution is -2.12. The van der Waals surface area contributed by atoms with Crippen LogP contribution >= 0.6 is 0 Å². The molecule has 1 radical (unpaired) electrons. The van der Waals surface area contributed by atoms with Crippen LogP contribution in [0.2, 0.25) is 0 Å². The molecule has 1 saturated carbocycles. The van der Waals surface area contributed by atoms with E-state index in [-0.39, 0.29) is 11.6 Å². The molecule has 1 nitrogen and oxygen atoms in total. The fourth-order valence-electron chi connectivity index (χ4n) is 2.31. The summed E-state index contributed by atoms with van der Waals surface area (Å²) >= 11 is 0. The minimum absolute atomic E-state index is 0.00257. The van der Waals surface area contributed by atoms with E-state index >= 15 is 0 Å². The van der Waals surface area contributed by atoms with Crippen molar-refractivity contribution in [3.63, 3.8) is 0 Å². The number of anilines is 1. The van der Waals surface area contributed by atoms with Crippen molar-refractivity contribution in [1.82, 2.24) is 0 Å². The maximum Gasteiger partial charge on any atom is 0.416 e. The van der Waals surface area contributed by atoms with E-state index < -0.39 is 11.7 Å². The van der Waals surface area contributed by atoms with E-state index in [9.17, 15) is 13.2 Å². The lowest BCUT2D eigenvalue weighted by molar-refractivity contribution is -0.138. The number of hydrogen-bond acceptors (Lipinski definition) is 1. The maximum atomic E-state index is 12.8. The third-order valence-corrected chi connectivity index (χ3v) is 3.06. The van der Waals surface area contributed by atoms with Crippen molar-refractivity contribution >= 4 is 5.69 Å². The van der Waals surface area contributed by atoms with E-state index in [0.29, 0.717) is 5.56 Å². The Morgan fingerprint density at radius 1 is 1.25 bits per heavy atom. The van der Waals surface area contributed by atoms with Gasteiger partial charge in [0.05, 0.1) is 5.56 Å². The summed E-state index contributed by atoms with van der Waals surface area (Å²) in [7, 11) is 0. The van der Waals surface area contributed by atoms with Crippen molar-refractivity contribution in [3.8, 4) is 0 Å². The Balaban J connectivity index is 2.43. The Kier molecular flexibility index (Phi) is 2.82. The van der Waals surface area contributed by atoms with Gasteiger partial charge in [-0.1, -0.05) is 12.8 Å². The zero-order valence-electron chi connectivity index (χ0n) is 8.77. The number of nitrogen functional groups attached to an aromatic ring is 1. The second-order valence-corrected chi connectivity index (χ2v) is 4.24. The molecule has 0 bridgehead atoms. The number of rotatable bonds is 1. The molecule has 1 aromatic rings. The van der Waals surface area contributed by atoms with Gasteiger partial charge < -0.3 is 5.73 Å². The van der Waals surface area contributed by atoms with E-state index in [1.54, 1.807) is 0 Å². The molecule has 0 aromatic heterocycles. The smallest absolute Gasteiger partial charge is 0.399 e. The van der Waals surface area contributed by atoms with Crippen molar-refractivity contribution in [3.05, 3.63) is 29.3 Å². The highest BCUT2D eigenvalue weighted by Gasteiger charge is 2.36. The molecule has 16 heavy (non-hydrogen) atoms. The van der Waals surface area contributed by atoms with E-state index in [2.05, 4.69) is 6.07 Å². The van der Waals surface area contributed by atoms with Crippen molar-refractivity contribution in [2.75, 3.05) is 5.73 Å². The molecule has 4 heteroatoms. The summed E-state index contributed by atoms with van der Waals surface area (Å²) in [6, 6.07) is 5.16.